The van der Waals surface area contributed by atoms with E-state index in [-0.39, 0.29) is 11.8 Å². The Morgan fingerprint density at radius 3 is 2.06 bits per heavy atom. The van der Waals surface area contributed by atoms with Gasteiger partial charge >= 0.3 is 0 Å². The molecule has 0 heterocycles. The Balaban J connectivity index is 2.09. The third kappa shape index (κ3) is 3.18. The first kappa shape index (κ1) is 13.3. The Bertz CT molecular complexity index is 494. The standard InChI is InChI=1S/C9H16O6S2/c1-16(10,11)14-8-5-6-3-4-7(8)9(6)15-17(2,12)13/h6-9H,3-5H2,1-2H3/t6-,7+,8-,9+/m1/s1. The molecule has 0 aromatic carbocycles. The lowest BCUT2D eigenvalue weighted by Gasteiger charge is -2.20. The van der Waals surface area contributed by atoms with Crippen LogP contribution >= 0.6 is 0 Å². The molecule has 6 nitrogen and oxygen atoms in total. The van der Waals surface area contributed by atoms with Gasteiger partial charge in [0.15, 0.2) is 0 Å². The first-order valence-corrected chi connectivity index (χ1v) is 9.05. The Hall–Kier alpha value is -0.180. The summed E-state index contributed by atoms with van der Waals surface area (Å²) in [5.41, 5.74) is 0. The summed E-state index contributed by atoms with van der Waals surface area (Å²) in [5.74, 6) is -0.0501. The Labute approximate surface area is 102 Å². The fourth-order valence-electron chi connectivity index (χ4n) is 2.89. The van der Waals surface area contributed by atoms with Crippen molar-refractivity contribution < 1.29 is 25.2 Å². The van der Waals surface area contributed by atoms with Gasteiger partial charge in [0.05, 0.1) is 24.7 Å². The first-order valence-electron chi connectivity index (χ1n) is 5.42. The Morgan fingerprint density at radius 2 is 1.53 bits per heavy atom. The minimum atomic E-state index is -3.51. The van der Waals surface area contributed by atoms with Gasteiger partial charge in [0, 0.05) is 5.92 Å². The maximum absolute atomic E-state index is 11.1. The maximum Gasteiger partial charge on any atom is 0.264 e. The van der Waals surface area contributed by atoms with Crippen LogP contribution < -0.4 is 0 Å². The zero-order valence-electron chi connectivity index (χ0n) is 9.70. The first-order chi connectivity index (χ1) is 7.66. The lowest BCUT2D eigenvalue weighted by molar-refractivity contribution is 0.111. The molecule has 0 aliphatic heterocycles. The van der Waals surface area contributed by atoms with Gasteiger partial charge in [0.25, 0.3) is 20.2 Å². The van der Waals surface area contributed by atoms with Crippen molar-refractivity contribution in [2.75, 3.05) is 12.5 Å². The van der Waals surface area contributed by atoms with Crippen molar-refractivity contribution in [1.82, 2.24) is 0 Å². The molecule has 0 saturated heterocycles. The summed E-state index contributed by atoms with van der Waals surface area (Å²) in [4.78, 5) is 0. The highest BCUT2D eigenvalue weighted by Crippen LogP contribution is 2.48. The number of fused-ring (bicyclic) bond motifs is 2. The van der Waals surface area contributed by atoms with Crippen LogP contribution in [-0.2, 0) is 28.6 Å². The van der Waals surface area contributed by atoms with Gasteiger partial charge in [0.1, 0.15) is 0 Å². The molecule has 0 aromatic rings. The van der Waals surface area contributed by atoms with Crippen molar-refractivity contribution in [1.29, 1.82) is 0 Å². The molecule has 2 aliphatic rings. The molecule has 0 N–H and O–H groups in total. The largest absolute Gasteiger partial charge is 0.267 e. The van der Waals surface area contributed by atoms with Crippen LogP contribution in [0.3, 0.4) is 0 Å². The second kappa shape index (κ2) is 4.18. The molecule has 2 aliphatic carbocycles. The van der Waals surface area contributed by atoms with Crippen molar-refractivity contribution >= 4 is 20.2 Å². The molecule has 0 radical (unpaired) electrons. The highest BCUT2D eigenvalue weighted by Gasteiger charge is 2.51. The molecule has 2 rings (SSSR count). The van der Waals surface area contributed by atoms with Crippen LogP contribution in [0.2, 0.25) is 0 Å². The van der Waals surface area contributed by atoms with Gasteiger partial charge < -0.3 is 0 Å². The summed E-state index contributed by atoms with van der Waals surface area (Å²) in [7, 11) is -7.01. The lowest BCUT2D eigenvalue weighted by Crippen LogP contribution is -2.28. The molecule has 4 atom stereocenters. The lowest BCUT2D eigenvalue weighted by atomic mass is 9.98. The topological polar surface area (TPSA) is 86.7 Å². The monoisotopic (exact) mass is 284 g/mol. The summed E-state index contributed by atoms with van der Waals surface area (Å²) >= 11 is 0. The predicted octanol–water partition coefficient (Wildman–Crippen LogP) is 0.106. The Morgan fingerprint density at radius 1 is 0.941 bits per heavy atom. The summed E-state index contributed by atoms with van der Waals surface area (Å²) in [6, 6.07) is 0. The summed E-state index contributed by atoms with van der Waals surface area (Å²) in [6.45, 7) is 0. The SMILES string of the molecule is CS(=O)(=O)O[C@H]1[C@@H]2CC[C@H]1[C@H](OS(C)(=O)=O)C2. The van der Waals surface area contributed by atoms with Crippen LogP contribution in [0.5, 0.6) is 0 Å². The van der Waals surface area contributed by atoms with E-state index in [0.29, 0.717) is 6.42 Å². The van der Waals surface area contributed by atoms with Crippen LogP contribution in [0.15, 0.2) is 0 Å². The molecule has 2 fully saturated rings. The molecule has 0 unspecified atom stereocenters. The van der Waals surface area contributed by atoms with Gasteiger partial charge in [-0.05, 0) is 25.2 Å². The van der Waals surface area contributed by atoms with E-state index in [9.17, 15) is 16.8 Å². The summed E-state index contributed by atoms with van der Waals surface area (Å²) < 4.78 is 54.4. The quantitative estimate of drug-likeness (QED) is 0.681. The van der Waals surface area contributed by atoms with Crippen LogP contribution in [0, 0.1) is 11.8 Å². The van der Waals surface area contributed by atoms with E-state index in [1.54, 1.807) is 0 Å². The molecular weight excluding hydrogens is 268 g/mol. The third-order valence-corrected chi connectivity index (χ3v) is 4.52. The van der Waals surface area contributed by atoms with Crippen LogP contribution in [-0.4, -0.2) is 41.6 Å². The van der Waals surface area contributed by atoms with Gasteiger partial charge in [-0.2, -0.15) is 16.8 Å². The minimum absolute atomic E-state index is 0.0847. The summed E-state index contributed by atoms with van der Waals surface area (Å²) in [5, 5.41) is 0. The van der Waals surface area contributed by atoms with Gasteiger partial charge in [-0.25, -0.2) is 0 Å². The van der Waals surface area contributed by atoms with E-state index in [2.05, 4.69) is 0 Å². The van der Waals surface area contributed by atoms with E-state index in [4.69, 9.17) is 8.37 Å². The van der Waals surface area contributed by atoms with E-state index in [1.807, 2.05) is 0 Å². The zero-order valence-corrected chi connectivity index (χ0v) is 11.3. The molecule has 8 heteroatoms. The number of hydrogen-bond acceptors (Lipinski definition) is 6. The smallest absolute Gasteiger partial charge is 0.264 e. The van der Waals surface area contributed by atoms with Gasteiger partial charge in [-0.15, -0.1) is 0 Å². The Kier molecular flexibility index (Phi) is 3.26. The van der Waals surface area contributed by atoms with Gasteiger partial charge in [-0.3, -0.25) is 8.37 Å². The number of rotatable bonds is 4. The van der Waals surface area contributed by atoms with Crippen LogP contribution in [0.4, 0.5) is 0 Å². The minimum Gasteiger partial charge on any atom is -0.267 e. The summed E-state index contributed by atoms with van der Waals surface area (Å²) in [6.07, 6.45) is 3.34. The van der Waals surface area contributed by atoms with Crippen molar-refractivity contribution in [3.05, 3.63) is 0 Å². The van der Waals surface area contributed by atoms with Crippen molar-refractivity contribution in [2.24, 2.45) is 11.8 Å². The highest BCUT2D eigenvalue weighted by molar-refractivity contribution is 7.86. The molecule has 0 aromatic heterocycles. The molecule has 100 valence electrons. The van der Waals surface area contributed by atoms with Crippen molar-refractivity contribution in [3.63, 3.8) is 0 Å². The molecular formula is C9H16O6S2. The van der Waals surface area contributed by atoms with Gasteiger partial charge in [0.2, 0.25) is 0 Å². The average Bonchev–Trinajstić information content (AvgIpc) is 2.55. The van der Waals surface area contributed by atoms with E-state index in [1.165, 1.54) is 0 Å². The third-order valence-electron chi connectivity index (χ3n) is 3.35. The fourth-order valence-corrected chi connectivity index (χ4v) is 4.27. The van der Waals surface area contributed by atoms with E-state index in [0.717, 1.165) is 25.4 Å². The molecule has 2 bridgehead atoms. The van der Waals surface area contributed by atoms with Crippen molar-refractivity contribution in [2.45, 2.75) is 31.5 Å². The average molecular weight is 284 g/mol. The van der Waals surface area contributed by atoms with E-state index >= 15 is 0 Å². The van der Waals surface area contributed by atoms with Gasteiger partial charge in [-0.1, -0.05) is 0 Å². The molecule has 2 saturated carbocycles. The van der Waals surface area contributed by atoms with E-state index < -0.39 is 32.4 Å². The van der Waals surface area contributed by atoms with Crippen LogP contribution in [0.1, 0.15) is 19.3 Å². The van der Waals surface area contributed by atoms with Crippen molar-refractivity contribution in [3.8, 4) is 0 Å². The zero-order chi connectivity index (χ0) is 12.8. The number of hydrogen-bond donors (Lipinski definition) is 0. The normalized spacial score (nSPS) is 37.5. The maximum atomic E-state index is 11.1. The molecule has 17 heavy (non-hydrogen) atoms. The van der Waals surface area contributed by atoms with Crippen LogP contribution in [0.25, 0.3) is 0 Å². The highest BCUT2D eigenvalue weighted by atomic mass is 32.2. The second-order valence-corrected chi connectivity index (χ2v) is 8.04. The second-order valence-electron chi connectivity index (χ2n) is 4.84. The predicted molar refractivity (Wildman–Crippen MR) is 60.3 cm³/mol. The fraction of sp³-hybridized carbons (Fsp3) is 1.00. The molecule has 0 spiro atoms. The molecule has 0 amide bonds.